The maximum Gasteiger partial charge on any atom is 0.338 e. The Hall–Kier alpha value is -2.67. The van der Waals surface area contributed by atoms with Crippen molar-refractivity contribution in [3.05, 3.63) is 41.6 Å². The number of carbonyl (C=O) groups is 3. The van der Waals surface area contributed by atoms with E-state index in [-0.39, 0.29) is 18.8 Å². The number of amides is 2. The summed E-state index contributed by atoms with van der Waals surface area (Å²) in [7, 11) is 0. The maximum absolute atomic E-state index is 12.0. The van der Waals surface area contributed by atoms with E-state index in [2.05, 4.69) is 5.32 Å². The fraction of sp³-hybridized carbons (Fsp3) is 0.353. The van der Waals surface area contributed by atoms with E-state index < -0.39 is 17.8 Å². The predicted molar refractivity (Wildman–Crippen MR) is 87.1 cm³/mol. The van der Waals surface area contributed by atoms with Gasteiger partial charge in [0.2, 0.25) is 0 Å². The smallest absolute Gasteiger partial charge is 0.338 e. The largest absolute Gasteiger partial charge is 0.462 e. The molecule has 1 aromatic carbocycles. The highest BCUT2D eigenvalue weighted by Gasteiger charge is 2.30. The van der Waals surface area contributed by atoms with Crippen LogP contribution >= 0.6 is 0 Å². The van der Waals surface area contributed by atoms with Gasteiger partial charge in [0.25, 0.3) is 11.8 Å². The lowest BCUT2D eigenvalue weighted by molar-refractivity contribution is -0.137. The first kappa shape index (κ1) is 17.7. The van der Waals surface area contributed by atoms with Crippen LogP contribution in [0.25, 0.3) is 0 Å². The molecule has 0 saturated heterocycles. The fourth-order valence-electron chi connectivity index (χ4n) is 2.15. The van der Waals surface area contributed by atoms with Crippen LogP contribution in [0.1, 0.15) is 30.1 Å². The van der Waals surface area contributed by atoms with E-state index in [1.165, 1.54) is 6.08 Å². The number of nitrogens with zero attached hydrogens (tertiary/aromatic N) is 1. The highest BCUT2D eigenvalue weighted by molar-refractivity contribution is 6.17. The number of imide groups is 1. The second-order valence-electron chi connectivity index (χ2n) is 5.27. The summed E-state index contributed by atoms with van der Waals surface area (Å²) in [5, 5.41) is 11.7. The van der Waals surface area contributed by atoms with Crippen molar-refractivity contribution in [1.29, 1.82) is 0 Å². The molecule has 2 rings (SSSR count). The highest BCUT2D eigenvalue weighted by Crippen LogP contribution is 2.18. The molecule has 2 amide bonds. The number of anilines is 1. The van der Waals surface area contributed by atoms with Crippen LogP contribution in [0.3, 0.4) is 0 Å². The minimum atomic E-state index is -0.489. The lowest BCUT2D eigenvalue weighted by atomic mass is 10.2. The van der Waals surface area contributed by atoms with Gasteiger partial charge in [-0.05, 0) is 30.7 Å². The van der Waals surface area contributed by atoms with Crippen molar-refractivity contribution in [2.75, 3.05) is 25.1 Å². The third-order valence-corrected chi connectivity index (χ3v) is 3.46. The predicted octanol–water partition coefficient (Wildman–Crippen LogP) is 1.30. The first-order valence-electron chi connectivity index (χ1n) is 7.79. The van der Waals surface area contributed by atoms with Crippen LogP contribution in [-0.4, -0.2) is 47.5 Å². The lowest BCUT2D eigenvalue weighted by Crippen LogP contribution is -2.34. The summed E-state index contributed by atoms with van der Waals surface area (Å²) in [6.07, 6.45) is 2.95. The monoisotopic (exact) mass is 332 g/mol. The van der Waals surface area contributed by atoms with Crippen molar-refractivity contribution < 1.29 is 24.2 Å². The zero-order valence-corrected chi connectivity index (χ0v) is 13.4. The molecule has 0 aliphatic carbocycles. The zero-order chi connectivity index (χ0) is 17.5. The summed E-state index contributed by atoms with van der Waals surface area (Å²) in [6, 6.07) is 6.43. The van der Waals surface area contributed by atoms with Crippen molar-refractivity contribution in [2.45, 2.75) is 19.8 Å². The minimum Gasteiger partial charge on any atom is -0.462 e. The molecule has 0 fully saturated rings. The molecule has 0 unspecified atom stereocenters. The molecule has 128 valence electrons. The molecule has 0 saturated carbocycles. The third kappa shape index (κ3) is 4.20. The van der Waals surface area contributed by atoms with Gasteiger partial charge in [-0.2, -0.15) is 0 Å². The number of benzene rings is 1. The molecule has 24 heavy (non-hydrogen) atoms. The summed E-state index contributed by atoms with van der Waals surface area (Å²) < 4.78 is 5.11. The van der Waals surface area contributed by atoms with Crippen LogP contribution in [-0.2, 0) is 14.3 Å². The Bertz CT molecular complexity index is 651. The van der Waals surface area contributed by atoms with Crippen LogP contribution in [0.4, 0.5) is 5.69 Å². The van der Waals surface area contributed by atoms with Gasteiger partial charge in [0.05, 0.1) is 25.3 Å². The fourth-order valence-corrected chi connectivity index (χ4v) is 2.15. The van der Waals surface area contributed by atoms with E-state index in [0.29, 0.717) is 17.9 Å². The number of rotatable bonds is 8. The molecule has 0 bridgehead atoms. The number of aliphatic hydroxyl groups is 1. The van der Waals surface area contributed by atoms with Crippen molar-refractivity contribution in [3.8, 4) is 0 Å². The highest BCUT2D eigenvalue weighted by atomic mass is 16.5. The van der Waals surface area contributed by atoms with Gasteiger partial charge in [-0.1, -0.05) is 13.3 Å². The van der Waals surface area contributed by atoms with E-state index in [1.807, 2.05) is 6.92 Å². The van der Waals surface area contributed by atoms with Crippen molar-refractivity contribution >= 4 is 23.5 Å². The minimum absolute atomic E-state index is 0.0398. The van der Waals surface area contributed by atoms with Crippen LogP contribution in [0.5, 0.6) is 0 Å². The van der Waals surface area contributed by atoms with Gasteiger partial charge in [0.1, 0.15) is 5.70 Å². The van der Waals surface area contributed by atoms with Crippen molar-refractivity contribution in [1.82, 2.24) is 4.90 Å². The third-order valence-electron chi connectivity index (χ3n) is 3.46. The second kappa shape index (κ2) is 8.26. The summed E-state index contributed by atoms with van der Waals surface area (Å²) in [6.45, 7) is 2.08. The Morgan fingerprint density at radius 1 is 1.25 bits per heavy atom. The number of carbonyl (C=O) groups excluding carboxylic acids is 3. The Morgan fingerprint density at radius 3 is 2.58 bits per heavy atom. The number of ether oxygens (including phenoxy) is 1. The maximum atomic E-state index is 12.0. The molecule has 7 heteroatoms. The summed E-state index contributed by atoms with van der Waals surface area (Å²) >= 11 is 0. The van der Waals surface area contributed by atoms with Crippen molar-refractivity contribution in [3.63, 3.8) is 0 Å². The summed E-state index contributed by atoms with van der Waals surface area (Å²) in [5.74, 6) is -1.35. The molecule has 1 heterocycles. The molecule has 0 spiro atoms. The van der Waals surface area contributed by atoms with E-state index >= 15 is 0 Å². The SMILES string of the molecule is CCCCOC(=O)c1ccc(NC2=CC(=O)N(CCO)C2=O)cc1. The summed E-state index contributed by atoms with van der Waals surface area (Å²) in [5.41, 5.74) is 1.12. The average molecular weight is 332 g/mol. The number of hydrogen-bond acceptors (Lipinski definition) is 6. The Kier molecular flexibility index (Phi) is 6.08. The van der Waals surface area contributed by atoms with Gasteiger partial charge in [-0.3, -0.25) is 14.5 Å². The molecule has 2 N–H and O–H groups in total. The van der Waals surface area contributed by atoms with E-state index in [0.717, 1.165) is 17.7 Å². The first-order chi connectivity index (χ1) is 11.6. The second-order valence-corrected chi connectivity index (χ2v) is 5.27. The Morgan fingerprint density at radius 2 is 1.96 bits per heavy atom. The Labute approximate surface area is 139 Å². The normalized spacial score (nSPS) is 13.9. The molecule has 1 aliphatic heterocycles. The quantitative estimate of drug-likeness (QED) is 0.423. The first-order valence-corrected chi connectivity index (χ1v) is 7.79. The number of aliphatic hydroxyl groups excluding tert-OH is 1. The number of esters is 1. The van der Waals surface area contributed by atoms with Gasteiger partial charge in [-0.15, -0.1) is 0 Å². The number of nitrogens with one attached hydrogen (secondary N) is 1. The molecule has 0 aromatic heterocycles. The van der Waals surface area contributed by atoms with Crippen LogP contribution < -0.4 is 5.32 Å². The lowest BCUT2D eigenvalue weighted by Gasteiger charge is -2.13. The van der Waals surface area contributed by atoms with Crippen molar-refractivity contribution in [2.24, 2.45) is 0 Å². The molecule has 0 radical (unpaired) electrons. The van der Waals surface area contributed by atoms with E-state index in [4.69, 9.17) is 9.84 Å². The van der Waals surface area contributed by atoms with E-state index in [1.54, 1.807) is 24.3 Å². The number of β-amino-alcohol motifs (C(OH)–C–C–N with tert-alkyl or cyclic N) is 1. The van der Waals surface area contributed by atoms with Gasteiger partial charge in [-0.25, -0.2) is 4.79 Å². The van der Waals surface area contributed by atoms with Gasteiger partial charge in [0.15, 0.2) is 0 Å². The Balaban J connectivity index is 1.97. The van der Waals surface area contributed by atoms with Gasteiger partial charge in [0, 0.05) is 11.8 Å². The molecule has 0 atom stereocenters. The van der Waals surface area contributed by atoms with Crippen LogP contribution in [0.15, 0.2) is 36.0 Å². The van der Waals surface area contributed by atoms with Crippen LogP contribution in [0.2, 0.25) is 0 Å². The average Bonchev–Trinajstić information content (AvgIpc) is 2.83. The summed E-state index contributed by atoms with van der Waals surface area (Å²) in [4.78, 5) is 36.4. The molecule has 1 aliphatic rings. The molecule has 7 nitrogen and oxygen atoms in total. The molecular weight excluding hydrogens is 312 g/mol. The van der Waals surface area contributed by atoms with Gasteiger partial charge >= 0.3 is 5.97 Å². The van der Waals surface area contributed by atoms with Crippen LogP contribution in [0, 0.1) is 0 Å². The standard InChI is InChI=1S/C17H20N2O5/c1-2-3-10-24-17(23)12-4-6-13(7-5-12)18-14-11-15(21)19(8-9-20)16(14)22/h4-7,11,18,20H,2-3,8-10H2,1H3. The topological polar surface area (TPSA) is 95.9 Å². The zero-order valence-electron chi connectivity index (χ0n) is 13.4. The number of unbranched alkanes of at least 4 members (excludes halogenated alkanes) is 1. The number of hydrogen-bond donors (Lipinski definition) is 2. The van der Waals surface area contributed by atoms with E-state index in [9.17, 15) is 14.4 Å². The van der Waals surface area contributed by atoms with Gasteiger partial charge < -0.3 is 15.2 Å². The molecule has 1 aromatic rings. The molecular formula is C17H20N2O5.